The fourth-order valence-electron chi connectivity index (χ4n) is 1.67. The molecule has 0 saturated carbocycles. The number of benzene rings is 1. The largest absolute Gasteiger partial charge is 0.480 e. The third kappa shape index (κ3) is 1.70. The highest BCUT2D eigenvalue weighted by molar-refractivity contribution is 5.69. The first-order valence-corrected chi connectivity index (χ1v) is 4.58. The van der Waals surface area contributed by atoms with Crippen LogP contribution in [0.15, 0.2) is 24.3 Å². The second-order valence-electron chi connectivity index (χ2n) is 3.26. The van der Waals surface area contributed by atoms with E-state index in [1.54, 1.807) is 0 Å². The van der Waals surface area contributed by atoms with Gasteiger partial charge in [-0.15, -0.1) is 0 Å². The van der Waals surface area contributed by atoms with E-state index in [2.05, 4.69) is 11.5 Å². The third-order valence-electron chi connectivity index (χ3n) is 2.31. The molecule has 0 saturated heterocycles. The molecule has 4 nitrogen and oxygen atoms in total. The molecule has 74 valence electrons. The molecule has 1 aromatic carbocycles. The molecule has 2 N–H and O–H groups in total. The van der Waals surface area contributed by atoms with Gasteiger partial charge in [0.1, 0.15) is 6.54 Å². The smallest absolute Gasteiger partial charge is 0.319 e. The Morgan fingerprint density at radius 3 is 3.07 bits per heavy atom. The van der Waals surface area contributed by atoms with Crippen LogP contribution in [0.4, 0.5) is 5.69 Å². The Morgan fingerprint density at radius 1 is 1.50 bits per heavy atom. The zero-order valence-corrected chi connectivity index (χ0v) is 7.73. The van der Waals surface area contributed by atoms with Crippen LogP contribution < -0.4 is 10.4 Å². The summed E-state index contributed by atoms with van der Waals surface area (Å²) < 4.78 is 0. The lowest BCUT2D eigenvalue weighted by Gasteiger charge is -2.18. The van der Waals surface area contributed by atoms with E-state index in [9.17, 15) is 4.79 Å². The van der Waals surface area contributed by atoms with Crippen LogP contribution >= 0.6 is 0 Å². The minimum atomic E-state index is -0.839. The molecule has 0 spiro atoms. The molecule has 0 radical (unpaired) electrons. The van der Waals surface area contributed by atoms with E-state index in [-0.39, 0.29) is 6.54 Å². The van der Waals surface area contributed by atoms with Crippen LogP contribution in [0.2, 0.25) is 0 Å². The van der Waals surface area contributed by atoms with Gasteiger partial charge in [0.15, 0.2) is 0 Å². The zero-order valence-electron chi connectivity index (χ0n) is 7.73. The van der Waals surface area contributed by atoms with Gasteiger partial charge in [0.05, 0.1) is 5.69 Å². The fourth-order valence-corrected chi connectivity index (χ4v) is 1.67. The summed E-state index contributed by atoms with van der Waals surface area (Å²) in [4.78, 5) is 10.4. The maximum absolute atomic E-state index is 10.4. The van der Waals surface area contributed by atoms with Gasteiger partial charge in [0.25, 0.3) is 0 Å². The standard InChI is InChI=1S/C10H12N2O2/c13-10(14)7-11-12-6-5-8-3-1-2-4-9(8)12/h1-4,11H,5-7H2,(H,13,14). The molecule has 2 rings (SSSR count). The molecular weight excluding hydrogens is 180 g/mol. The number of carboxylic acid groups (broad SMARTS) is 1. The van der Waals surface area contributed by atoms with Crippen molar-refractivity contribution in [3.63, 3.8) is 0 Å². The normalized spacial score (nSPS) is 14.1. The number of hydrazine groups is 1. The first-order valence-electron chi connectivity index (χ1n) is 4.58. The summed E-state index contributed by atoms with van der Waals surface area (Å²) in [6.07, 6.45) is 0.975. The van der Waals surface area contributed by atoms with E-state index in [1.165, 1.54) is 5.56 Å². The van der Waals surface area contributed by atoms with Crippen molar-refractivity contribution in [3.8, 4) is 0 Å². The molecule has 0 aliphatic carbocycles. The SMILES string of the molecule is O=C(O)CNN1CCc2ccccc21. The Balaban J connectivity index is 2.07. The summed E-state index contributed by atoms with van der Waals surface area (Å²) >= 11 is 0. The zero-order chi connectivity index (χ0) is 9.97. The van der Waals surface area contributed by atoms with Gasteiger partial charge < -0.3 is 10.1 Å². The van der Waals surface area contributed by atoms with Gasteiger partial charge in [0, 0.05) is 6.54 Å². The Hall–Kier alpha value is -1.55. The molecule has 14 heavy (non-hydrogen) atoms. The van der Waals surface area contributed by atoms with E-state index in [0.29, 0.717) is 0 Å². The molecule has 4 heteroatoms. The molecule has 0 bridgehead atoms. The van der Waals surface area contributed by atoms with Crippen LogP contribution in [0.5, 0.6) is 0 Å². The summed E-state index contributed by atoms with van der Waals surface area (Å²) in [5.41, 5.74) is 5.23. The molecule has 1 aliphatic rings. The minimum Gasteiger partial charge on any atom is -0.480 e. The molecule has 0 amide bonds. The highest BCUT2D eigenvalue weighted by atomic mass is 16.4. The molecule has 0 aromatic heterocycles. The van der Waals surface area contributed by atoms with Crippen LogP contribution in [0.3, 0.4) is 0 Å². The molecular formula is C10H12N2O2. The van der Waals surface area contributed by atoms with Crippen LogP contribution in [-0.4, -0.2) is 24.2 Å². The van der Waals surface area contributed by atoms with E-state index in [0.717, 1.165) is 18.7 Å². The Labute approximate surface area is 82.1 Å². The average Bonchev–Trinajstić information content (AvgIpc) is 2.58. The number of anilines is 1. The molecule has 1 aromatic rings. The fraction of sp³-hybridized carbons (Fsp3) is 0.300. The molecule has 0 unspecified atom stereocenters. The van der Waals surface area contributed by atoms with E-state index in [4.69, 9.17) is 5.11 Å². The van der Waals surface area contributed by atoms with Crippen LogP contribution in [-0.2, 0) is 11.2 Å². The number of fused-ring (bicyclic) bond motifs is 1. The number of rotatable bonds is 3. The number of nitrogens with one attached hydrogen (secondary N) is 1. The predicted molar refractivity (Wildman–Crippen MR) is 53.1 cm³/mol. The number of carboxylic acids is 1. The number of hydrogen-bond acceptors (Lipinski definition) is 3. The van der Waals surface area contributed by atoms with Crippen molar-refractivity contribution in [2.45, 2.75) is 6.42 Å². The Kier molecular flexibility index (Phi) is 2.37. The number of para-hydroxylation sites is 1. The molecule has 1 aliphatic heterocycles. The summed E-state index contributed by atoms with van der Waals surface area (Å²) in [5.74, 6) is -0.839. The Morgan fingerprint density at radius 2 is 2.29 bits per heavy atom. The number of nitrogens with zero attached hydrogens (tertiary/aromatic N) is 1. The van der Waals surface area contributed by atoms with Crippen molar-refractivity contribution >= 4 is 11.7 Å². The minimum absolute atomic E-state index is 0.0334. The summed E-state index contributed by atoms with van der Waals surface area (Å²) in [5, 5.41) is 10.4. The van der Waals surface area contributed by atoms with Crippen molar-refractivity contribution in [1.82, 2.24) is 5.43 Å². The highest BCUT2D eigenvalue weighted by Crippen LogP contribution is 2.25. The van der Waals surface area contributed by atoms with Crippen molar-refractivity contribution in [1.29, 1.82) is 0 Å². The lowest BCUT2D eigenvalue weighted by Crippen LogP contribution is -2.39. The summed E-state index contributed by atoms with van der Waals surface area (Å²) in [6.45, 7) is 0.807. The van der Waals surface area contributed by atoms with Gasteiger partial charge in [0.2, 0.25) is 0 Å². The monoisotopic (exact) mass is 192 g/mol. The Bertz CT molecular complexity index is 352. The molecule has 0 atom stereocenters. The summed E-state index contributed by atoms with van der Waals surface area (Å²) in [7, 11) is 0. The van der Waals surface area contributed by atoms with Gasteiger partial charge in [-0.1, -0.05) is 18.2 Å². The van der Waals surface area contributed by atoms with Gasteiger partial charge in [-0.25, -0.2) is 5.43 Å². The lowest BCUT2D eigenvalue weighted by atomic mass is 10.2. The maximum Gasteiger partial charge on any atom is 0.319 e. The van der Waals surface area contributed by atoms with Crippen molar-refractivity contribution in [2.75, 3.05) is 18.1 Å². The summed E-state index contributed by atoms with van der Waals surface area (Å²) in [6, 6.07) is 8.02. The van der Waals surface area contributed by atoms with E-state index >= 15 is 0 Å². The number of aliphatic carboxylic acids is 1. The van der Waals surface area contributed by atoms with E-state index < -0.39 is 5.97 Å². The third-order valence-corrected chi connectivity index (χ3v) is 2.31. The molecule has 0 fully saturated rings. The topological polar surface area (TPSA) is 52.6 Å². The van der Waals surface area contributed by atoms with Crippen LogP contribution in [0, 0.1) is 0 Å². The lowest BCUT2D eigenvalue weighted by molar-refractivity contribution is -0.136. The second kappa shape index (κ2) is 3.67. The first kappa shape index (κ1) is 9.02. The van der Waals surface area contributed by atoms with Crippen LogP contribution in [0.25, 0.3) is 0 Å². The average molecular weight is 192 g/mol. The van der Waals surface area contributed by atoms with Crippen molar-refractivity contribution in [3.05, 3.63) is 29.8 Å². The van der Waals surface area contributed by atoms with Gasteiger partial charge in [-0.3, -0.25) is 4.79 Å². The van der Waals surface area contributed by atoms with Crippen molar-refractivity contribution < 1.29 is 9.90 Å². The highest BCUT2D eigenvalue weighted by Gasteiger charge is 2.17. The predicted octanol–water partition coefficient (Wildman–Crippen LogP) is 0.638. The van der Waals surface area contributed by atoms with Crippen LogP contribution in [0.1, 0.15) is 5.56 Å². The second-order valence-corrected chi connectivity index (χ2v) is 3.26. The maximum atomic E-state index is 10.4. The number of hydrogen-bond donors (Lipinski definition) is 2. The van der Waals surface area contributed by atoms with Gasteiger partial charge >= 0.3 is 5.97 Å². The number of carbonyl (C=O) groups is 1. The quantitative estimate of drug-likeness (QED) is 0.737. The van der Waals surface area contributed by atoms with Gasteiger partial charge in [-0.05, 0) is 18.1 Å². The van der Waals surface area contributed by atoms with E-state index in [1.807, 2.05) is 23.2 Å². The van der Waals surface area contributed by atoms with Gasteiger partial charge in [-0.2, -0.15) is 0 Å². The molecule has 1 heterocycles. The van der Waals surface area contributed by atoms with Crippen molar-refractivity contribution in [2.24, 2.45) is 0 Å². The first-order chi connectivity index (χ1) is 6.77.